The van der Waals surface area contributed by atoms with Crippen molar-refractivity contribution in [2.45, 2.75) is 18.6 Å². The molecule has 0 aromatic rings. The molecule has 3 aliphatic rings. The molecule has 2 heterocycles. The summed E-state index contributed by atoms with van der Waals surface area (Å²) in [5, 5.41) is 0. The summed E-state index contributed by atoms with van der Waals surface area (Å²) in [5.74, 6) is 0. The van der Waals surface area contributed by atoms with Gasteiger partial charge in [-0.2, -0.15) is 0 Å². The summed E-state index contributed by atoms with van der Waals surface area (Å²) in [7, 11) is 0. The molecule has 0 saturated carbocycles. The average molecular weight is 82.1 g/mol. The van der Waals surface area contributed by atoms with Crippen LogP contribution in [-0.4, -0.2) is 12.2 Å². The molecule has 0 N–H and O–H groups in total. The second kappa shape index (κ2) is 0.684. The van der Waals surface area contributed by atoms with Gasteiger partial charge in [0.2, 0.25) is 0 Å². The first kappa shape index (κ1) is 2.80. The maximum atomic E-state index is 5.14. The van der Waals surface area contributed by atoms with E-state index in [1.54, 1.807) is 0 Å². The average Bonchev–Trinajstić information content (AvgIpc) is 1.72. The summed E-state index contributed by atoms with van der Waals surface area (Å²) in [6.07, 6.45) is 6.53. The van der Waals surface area contributed by atoms with Crippen LogP contribution in [0.2, 0.25) is 0 Å². The molecule has 3 rings (SSSR count). The van der Waals surface area contributed by atoms with E-state index in [1.165, 1.54) is 6.42 Å². The van der Waals surface area contributed by atoms with Crippen molar-refractivity contribution in [2.24, 2.45) is 0 Å². The van der Waals surface area contributed by atoms with E-state index in [1.807, 2.05) is 0 Å². The van der Waals surface area contributed by atoms with Gasteiger partial charge in [0.1, 0.15) is 0 Å². The first-order chi connectivity index (χ1) is 2.95. The van der Waals surface area contributed by atoms with Crippen LogP contribution in [0.1, 0.15) is 6.42 Å². The van der Waals surface area contributed by atoms with E-state index < -0.39 is 0 Å². The Hall–Kier alpha value is -0.300. The normalized spacial score (nSPS) is 49.3. The van der Waals surface area contributed by atoms with E-state index in [2.05, 4.69) is 12.2 Å². The third-order valence-electron chi connectivity index (χ3n) is 1.35. The molecule has 2 bridgehead atoms. The summed E-state index contributed by atoms with van der Waals surface area (Å²) in [5.41, 5.74) is 0. The van der Waals surface area contributed by atoms with Crippen molar-refractivity contribution < 1.29 is 4.74 Å². The van der Waals surface area contributed by atoms with E-state index in [0.29, 0.717) is 12.2 Å². The Morgan fingerprint density at radius 2 is 1.83 bits per heavy atom. The Bertz CT molecular complexity index is 80.1. The lowest BCUT2D eigenvalue weighted by Crippen LogP contribution is -2.26. The summed E-state index contributed by atoms with van der Waals surface area (Å²) in [4.78, 5) is 0. The molecule has 2 unspecified atom stereocenters. The molecule has 32 valence electrons. The highest BCUT2D eigenvalue weighted by molar-refractivity contribution is 5.12. The summed E-state index contributed by atoms with van der Waals surface area (Å²) < 4.78 is 5.14. The lowest BCUT2D eigenvalue weighted by molar-refractivity contribution is -0.0485. The molecule has 0 amide bonds. The third kappa shape index (κ3) is 0.167. The smallest absolute Gasteiger partial charge is 0.0792 e. The molecule has 0 radical (unpaired) electrons. The first-order valence-corrected chi connectivity index (χ1v) is 2.29. The van der Waals surface area contributed by atoms with Gasteiger partial charge < -0.3 is 4.74 Å². The standard InChI is InChI=1S/C5H6O/c1-2-5-3-4(1)6-5/h1-2,4-5H,3H2. The van der Waals surface area contributed by atoms with Crippen LogP contribution in [0.15, 0.2) is 12.2 Å². The minimum Gasteiger partial charge on any atom is -0.367 e. The van der Waals surface area contributed by atoms with E-state index in [9.17, 15) is 0 Å². The zero-order valence-electron chi connectivity index (χ0n) is 3.42. The van der Waals surface area contributed by atoms with E-state index in [0.717, 1.165) is 0 Å². The van der Waals surface area contributed by atoms with Gasteiger partial charge >= 0.3 is 0 Å². The number of hydrogen-bond donors (Lipinski definition) is 0. The van der Waals surface area contributed by atoms with E-state index in [-0.39, 0.29) is 0 Å². The molecule has 1 nitrogen and oxygen atoms in total. The van der Waals surface area contributed by atoms with Crippen LogP contribution in [0, 0.1) is 0 Å². The van der Waals surface area contributed by atoms with Crippen LogP contribution in [0.25, 0.3) is 0 Å². The van der Waals surface area contributed by atoms with Gasteiger partial charge in [-0.1, -0.05) is 12.2 Å². The minimum absolute atomic E-state index is 0.509. The Morgan fingerprint density at radius 3 is 2.00 bits per heavy atom. The number of hydrogen-bond acceptors (Lipinski definition) is 1. The van der Waals surface area contributed by atoms with Crippen molar-refractivity contribution in [3.8, 4) is 0 Å². The quantitative estimate of drug-likeness (QED) is 0.391. The third-order valence-corrected chi connectivity index (χ3v) is 1.35. The lowest BCUT2D eigenvalue weighted by atomic mass is 10.2. The predicted molar refractivity (Wildman–Crippen MR) is 22.4 cm³/mol. The van der Waals surface area contributed by atoms with Crippen LogP contribution in [0.4, 0.5) is 0 Å². The first-order valence-electron chi connectivity index (χ1n) is 2.29. The van der Waals surface area contributed by atoms with Crippen molar-refractivity contribution in [1.29, 1.82) is 0 Å². The monoisotopic (exact) mass is 82.0 g/mol. The molecule has 0 spiro atoms. The SMILES string of the molecule is C1=CC2CC1O2. The van der Waals surface area contributed by atoms with Gasteiger partial charge in [-0.05, 0) is 0 Å². The van der Waals surface area contributed by atoms with E-state index in [4.69, 9.17) is 4.74 Å². The van der Waals surface area contributed by atoms with E-state index >= 15 is 0 Å². The molecular formula is C5H6O. The minimum atomic E-state index is 0.509. The zero-order chi connectivity index (χ0) is 3.98. The summed E-state index contributed by atoms with van der Waals surface area (Å²) >= 11 is 0. The van der Waals surface area contributed by atoms with Gasteiger partial charge in [0.25, 0.3) is 0 Å². The van der Waals surface area contributed by atoms with Crippen LogP contribution in [0.3, 0.4) is 0 Å². The summed E-state index contributed by atoms with van der Waals surface area (Å²) in [6, 6.07) is 0. The van der Waals surface area contributed by atoms with Crippen LogP contribution >= 0.6 is 0 Å². The van der Waals surface area contributed by atoms with Gasteiger partial charge in [-0.3, -0.25) is 0 Å². The van der Waals surface area contributed by atoms with Crippen molar-refractivity contribution >= 4 is 0 Å². The molecule has 1 aliphatic carbocycles. The summed E-state index contributed by atoms with van der Waals surface area (Å²) in [6.45, 7) is 0. The Kier molecular flexibility index (Phi) is 0.320. The predicted octanol–water partition coefficient (Wildman–Crippen LogP) is 0.714. The zero-order valence-corrected chi connectivity index (χ0v) is 3.42. The topological polar surface area (TPSA) is 9.23 Å². The second-order valence-electron chi connectivity index (χ2n) is 1.83. The number of rotatable bonds is 0. The highest BCUT2D eigenvalue weighted by Crippen LogP contribution is 2.29. The van der Waals surface area contributed by atoms with Crippen molar-refractivity contribution in [2.75, 3.05) is 0 Å². The maximum Gasteiger partial charge on any atom is 0.0792 e. The Labute approximate surface area is 36.6 Å². The fourth-order valence-electron chi connectivity index (χ4n) is 0.938. The molecule has 1 heteroatoms. The van der Waals surface area contributed by atoms with Gasteiger partial charge in [-0.15, -0.1) is 0 Å². The van der Waals surface area contributed by atoms with Crippen LogP contribution < -0.4 is 0 Å². The Morgan fingerprint density at radius 1 is 1.33 bits per heavy atom. The highest BCUT2D eigenvalue weighted by Gasteiger charge is 2.31. The lowest BCUT2D eigenvalue weighted by Gasteiger charge is -2.23. The molecule has 1 fully saturated rings. The van der Waals surface area contributed by atoms with Gasteiger partial charge in [-0.25, -0.2) is 0 Å². The molecular weight excluding hydrogens is 76.1 g/mol. The highest BCUT2D eigenvalue weighted by atomic mass is 16.5. The van der Waals surface area contributed by atoms with Gasteiger partial charge in [0.15, 0.2) is 0 Å². The molecule has 0 aromatic carbocycles. The van der Waals surface area contributed by atoms with Crippen molar-refractivity contribution in [3.63, 3.8) is 0 Å². The van der Waals surface area contributed by atoms with Crippen molar-refractivity contribution in [1.82, 2.24) is 0 Å². The second-order valence-corrected chi connectivity index (χ2v) is 1.83. The van der Waals surface area contributed by atoms with Crippen LogP contribution in [0.5, 0.6) is 0 Å². The molecule has 2 atom stereocenters. The fourth-order valence-corrected chi connectivity index (χ4v) is 0.938. The molecule has 0 aromatic heterocycles. The Balaban J connectivity index is 2.32. The fraction of sp³-hybridized carbons (Fsp3) is 0.600. The van der Waals surface area contributed by atoms with Crippen molar-refractivity contribution in [3.05, 3.63) is 12.2 Å². The molecule has 1 saturated heterocycles. The van der Waals surface area contributed by atoms with Crippen LogP contribution in [-0.2, 0) is 4.74 Å². The molecule has 2 aliphatic heterocycles. The van der Waals surface area contributed by atoms with Gasteiger partial charge in [0, 0.05) is 6.42 Å². The molecule has 6 heavy (non-hydrogen) atoms. The maximum absolute atomic E-state index is 5.14. The number of ether oxygens (including phenoxy) is 1. The van der Waals surface area contributed by atoms with Gasteiger partial charge in [0.05, 0.1) is 12.2 Å². The largest absolute Gasteiger partial charge is 0.367 e.